The lowest BCUT2D eigenvalue weighted by Gasteiger charge is -2.34. The van der Waals surface area contributed by atoms with Gasteiger partial charge in [-0.2, -0.15) is 5.10 Å². The molecule has 0 radical (unpaired) electrons. The summed E-state index contributed by atoms with van der Waals surface area (Å²) in [7, 11) is 1.76. The first-order valence-electron chi connectivity index (χ1n) is 10.9. The van der Waals surface area contributed by atoms with Gasteiger partial charge in [0.15, 0.2) is 5.96 Å². The lowest BCUT2D eigenvalue weighted by Crippen LogP contribution is -2.49. The summed E-state index contributed by atoms with van der Waals surface area (Å²) >= 11 is 0. The standard InChI is InChI=1S/C24H28F2N6/c1-27-24(29-20-10-14-31(15-11-20)23-4-2-3-19(26)17-23)28-13-9-21-12-16-32(30-21)22-7-5-18(25)6-8-22/h2-8,12,16-17,20H,9-11,13-15H2,1H3,(H2,27,28,29). The van der Waals surface area contributed by atoms with Crippen LogP contribution in [0.5, 0.6) is 0 Å². The maximum atomic E-state index is 13.5. The fraction of sp³-hybridized carbons (Fsp3) is 0.333. The van der Waals surface area contributed by atoms with Gasteiger partial charge in [-0.25, -0.2) is 13.5 Å². The zero-order chi connectivity index (χ0) is 22.3. The van der Waals surface area contributed by atoms with Crippen LogP contribution in [0.1, 0.15) is 18.5 Å². The highest BCUT2D eigenvalue weighted by Gasteiger charge is 2.20. The molecule has 0 saturated carbocycles. The Kier molecular flexibility index (Phi) is 6.99. The molecule has 2 N–H and O–H groups in total. The van der Waals surface area contributed by atoms with Crippen molar-refractivity contribution in [2.45, 2.75) is 25.3 Å². The molecule has 3 aromatic rings. The number of halogens is 2. The van der Waals surface area contributed by atoms with Gasteiger partial charge in [-0.15, -0.1) is 0 Å². The second-order valence-corrected chi connectivity index (χ2v) is 7.86. The van der Waals surface area contributed by atoms with Gasteiger partial charge in [0, 0.05) is 51.0 Å². The van der Waals surface area contributed by atoms with Crippen molar-refractivity contribution in [3.8, 4) is 5.69 Å². The summed E-state index contributed by atoms with van der Waals surface area (Å²) in [5.74, 6) is 0.311. The van der Waals surface area contributed by atoms with E-state index in [2.05, 4.69) is 25.6 Å². The Hall–Kier alpha value is -3.42. The summed E-state index contributed by atoms with van der Waals surface area (Å²) in [6.07, 6.45) is 4.54. The van der Waals surface area contributed by atoms with Gasteiger partial charge in [-0.1, -0.05) is 6.07 Å². The molecule has 6 nitrogen and oxygen atoms in total. The van der Waals surface area contributed by atoms with E-state index in [9.17, 15) is 8.78 Å². The van der Waals surface area contributed by atoms with E-state index in [1.54, 1.807) is 36.0 Å². The molecular weight excluding hydrogens is 410 g/mol. The monoisotopic (exact) mass is 438 g/mol. The summed E-state index contributed by atoms with van der Waals surface area (Å²) < 4.78 is 28.3. The number of aliphatic imine (C=N–C) groups is 1. The Morgan fingerprint density at radius 2 is 1.81 bits per heavy atom. The van der Waals surface area contributed by atoms with E-state index in [4.69, 9.17) is 0 Å². The average Bonchev–Trinajstić information content (AvgIpc) is 3.28. The Bertz CT molecular complexity index is 1040. The maximum Gasteiger partial charge on any atom is 0.191 e. The van der Waals surface area contributed by atoms with Gasteiger partial charge in [0.05, 0.1) is 11.4 Å². The second kappa shape index (κ2) is 10.3. The molecule has 0 amide bonds. The minimum Gasteiger partial charge on any atom is -0.371 e. The van der Waals surface area contributed by atoms with Crippen LogP contribution in [-0.4, -0.2) is 48.5 Å². The lowest BCUT2D eigenvalue weighted by molar-refractivity contribution is 0.461. The van der Waals surface area contributed by atoms with Gasteiger partial charge in [-0.05, 0) is 61.4 Å². The highest BCUT2D eigenvalue weighted by atomic mass is 19.1. The van der Waals surface area contributed by atoms with E-state index < -0.39 is 0 Å². The molecule has 32 heavy (non-hydrogen) atoms. The van der Waals surface area contributed by atoms with Crippen LogP contribution >= 0.6 is 0 Å². The van der Waals surface area contributed by atoms with Crippen molar-refractivity contribution in [1.82, 2.24) is 20.4 Å². The fourth-order valence-corrected chi connectivity index (χ4v) is 3.88. The van der Waals surface area contributed by atoms with Crippen LogP contribution in [0.15, 0.2) is 65.8 Å². The predicted molar refractivity (Wildman–Crippen MR) is 123 cm³/mol. The van der Waals surface area contributed by atoms with E-state index in [1.807, 2.05) is 18.3 Å². The van der Waals surface area contributed by atoms with Crippen molar-refractivity contribution < 1.29 is 8.78 Å². The average molecular weight is 439 g/mol. The summed E-state index contributed by atoms with van der Waals surface area (Å²) in [6, 6.07) is 15.3. The third kappa shape index (κ3) is 5.63. The number of anilines is 1. The molecule has 8 heteroatoms. The first-order valence-corrected chi connectivity index (χ1v) is 10.9. The van der Waals surface area contributed by atoms with Crippen LogP contribution in [0.4, 0.5) is 14.5 Å². The molecule has 4 rings (SSSR count). The summed E-state index contributed by atoms with van der Waals surface area (Å²) in [5, 5.41) is 11.4. The SMILES string of the molecule is CN=C(NCCc1ccn(-c2ccc(F)cc2)n1)NC1CCN(c2cccc(F)c2)CC1. The number of piperidine rings is 1. The minimum absolute atomic E-state index is 0.199. The maximum absolute atomic E-state index is 13.5. The fourth-order valence-electron chi connectivity index (χ4n) is 3.88. The zero-order valence-electron chi connectivity index (χ0n) is 18.1. The van der Waals surface area contributed by atoms with E-state index >= 15 is 0 Å². The number of benzene rings is 2. The van der Waals surface area contributed by atoms with E-state index in [0.717, 1.165) is 55.4 Å². The highest BCUT2D eigenvalue weighted by Crippen LogP contribution is 2.20. The van der Waals surface area contributed by atoms with Crippen molar-refractivity contribution in [1.29, 1.82) is 0 Å². The smallest absolute Gasteiger partial charge is 0.191 e. The Balaban J connectivity index is 1.22. The Morgan fingerprint density at radius 1 is 1.03 bits per heavy atom. The molecule has 168 valence electrons. The van der Waals surface area contributed by atoms with Gasteiger partial charge in [-0.3, -0.25) is 4.99 Å². The number of rotatable bonds is 6. The summed E-state index contributed by atoms with van der Waals surface area (Å²) in [6.45, 7) is 2.44. The molecule has 0 atom stereocenters. The van der Waals surface area contributed by atoms with Crippen molar-refractivity contribution in [2.75, 3.05) is 31.6 Å². The molecule has 2 heterocycles. The predicted octanol–water partition coefficient (Wildman–Crippen LogP) is 3.53. The van der Waals surface area contributed by atoms with Crippen molar-refractivity contribution in [3.05, 3.63) is 78.1 Å². The minimum atomic E-state index is -0.260. The molecule has 1 saturated heterocycles. The van der Waals surface area contributed by atoms with Crippen molar-refractivity contribution >= 4 is 11.6 Å². The topological polar surface area (TPSA) is 57.5 Å². The number of nitrogens with zero attached hydrogens (tertiary/aromatic N) is 4. The number of hydrogen-bond donors (Lipinski definition) is 2. The molecule has 1 aliphatic heterocycles. The Labute approximate surface area is 187 Å². The third-order valence-electron chi connectivity index (χ3n) is 5.64. The molecule has 0 aliphatic carbocycles. The summed E-state index contributed by atoms with van der Waals surface area (Å²) in [5.41, 5.74) is 2.71. The van der Waals surface area contributed by atoms with Crippen molar-refractivity contribution in [3.63, 3.8) is 0 Å². The lowest BCUT2D eigenvalue weighted by atomic mass is 10.0. The van der Waals surface area contributed by atoms with Crippen LogP contribution in [0.2, 0.25) is 0 Å². The van der Waals surface area contributed by atoms with E-state index in [-0.39, 0.29) is 11.6 Å². The van der Waals surface area contributed by atoms with Gasteiger partial charge in [0.2, 0.25) is 0 Å². The first-order chi connectivity index (χ1) is 15.6. The van der Waals surface area contributed by atoms with Crippen LogP contribution in [0.3, 0.4) is 0 Å². The first kappa shape index (κ1) is 21.8. The van der Waals surface area contributed by atoms with Gasteiger partial charge >= 0.3 is 0 Å². The van der Waals surface area contributed by atoms with E-state index in [0.29, 0.717) is 12.6 Å². The molecule has 2 aromatic carbocycles. The van der Waals surface area contributed by atoms with Crippen LogP contribution in [-0.2, 0) is 6.42 Å². The number of hydrogen-bond acceptors (Lipinski definition) is 3. The number of aromatic nitrogens is 2. The number of nitrogens with one attached hydrogen (secondary N) is 2. The van der Waals surface area contributed by atoms with Gasteiger partial charge in [0.25, 0.3) is 0 Å². The molecule has 0 spiro atoms. The molecule has 0 bridgehead atoms. The second-order valence-electron chi connectivity index (χ2n) is 7.86. The van der Waals surface area contributed by atoms with Gasteiger partial charge in [0.1, 0.15) is 11.6 Å². The zero-order valence-corrected chi connectivity index (χ0v) is 18.1. The molecule has 1 aliphatic rings. The third-order valence-corrected chi connectivity index (χ3v) is 5.64. The van der Waals surface area contributed by atoms with Crippen LogP contribution in [0.25, 0.3) is 5.69 Å². The largest absolute Gasteiger partial charge is 0.371 e. The van der Waals surface area contributed by atoms with Crippen LogP contribution in [0, 0.1) is 11.6 Å². The number of guanidine groups is 1. The normalized spacial score (nSPS) is 15.1. The summed E-state index contributed by atoms with van der Waals surface area (Å²) in [4.78, 5) is 6.55. The molecule has 0 unspecified atom stereocenters. The van der Waals surface area contributed by atoms with E-state index in [1.165, 1.54) is 18.2 Å². The molecule has 1 fully saturated rings. The van der Waals surface area contributed by atoms with Crippen LogP contribution < -0.4 is 15.5 Å². The van der Waals surface area contributed by atoms with Gasteiger partial charge < -0.3 is 15.5 Å². The molecule has 1 aromatic heterocycles. The highest BCUT2D eigenvalue weighted by molar-refractivity contribution is 5.80. The quantitative estimate of drug-likeness (QED) is 0.457. The molecular formula is C24H28F2N6. The van der Waals surface area contributed by atoms with Crippen molar-refractivity contribution in [2.24, 2.45) is 4.99 Å². The Morgan fingerprint density at radius 3 is 2.53 bits per heavy atom.